The van der Waals surface area contributed by atoms with Gasteiger partial charge in [0.1, 0.15) is 0 Å². The fourth-order valence-electron chi connectivity index (χ4n) is 5.38. The van der Waals surface area contributed by atoms with E-state index in [0.717, 1.165) is 49.5 Å². The first-order valence-electron chi connectivity index (χ1n) is 7.72. The molecule has 4 saturated carbocycles. The molecule has 20 heavy (non-hydrogen) atoms. The number of nitrogens with one attached hydrogen (secondary N) is 1. The number of hydrogen-bond donors (Lipinski definition) is 2. The zero-order valence-electron chi connectivity index (χ0n) is 11.8. The summed E-state index contributed by atoms with van der Waals surface area (Å²) in [6.45, 7) is 0. The molecule has 3 N–H and O–H groups in total. The van der Waals surface area contributed by atoms with Crippen molar-refractivity contribution in [1.82, 2.24) is 5.32 Å². The molecule has 2 unspecified atom stereocenters. The Morgan fingerprint density at radius 3 is 2.35 bits per heavy atom. The van der Waals surface area contributed by atoms with Gasteiger partial charge in [0.05, 0.1) is 0 Å². The normalized spacial score (nSPS) is 41.6. The average molecular weight is 270 g/mol. The Balaban J connectivity index is 1.58. The van der Waals surface area contributed by atoms with E-state index in [1.54, 1.807) is 0 Å². The Morgan fingerprint density at radius 1 is 1.10 bits per heavy atom. The van der Waals surface area contributed by atoms with Crippen molar-refractivity contribution in [2.45, 2.75) is 49.6 Å². The molecule has 5 rings (SSSR count). The van der Waals surface area contributed by atoms with E-state index in [1.165, 1.54) is 6.42 Å². The fraction of sp³-hybridized carbons (Fsp3) is 0.588. The third-order valence-electron chi connectivity index (χ3n) is 5.52. The van der Waals surface area contributed by atoms with Gasteiger partial charge >= 0.3 is 0 Å². The molecule has 2 atom stereocenters. The maximum absolute atomic E-state index is 12.5. The molecule has 3 heteroatoms. The van der Waals surface area contributed by atoms with Gasteiger partial charge in [0, 0.05) is 16.6 Å². The van der Waals surface area contributed by atoms with Crippen molar-refractivity contribution in [3.8, 4) is 0 Å². The number of amides is 1. The average Bonchev–Trinajstić information content (AvgIpc) is 2.36. The van der Waals surface area contributed by atoms with Gasteiger partial charge in [-0.25, -0.2) is 0 Å². The lowest BCUT2D eigenvalue weighted by molar-refractivity contribution is -0.0320. The number of benzene rings is 1. The number of nitrogens with two attached hydrogens (primary N) is 1. The van der Waals surface area contributed by atoms with Crippen LogP contribution in [0, 0.1) is 11.8 Å². The zero-order valence-corrected chi connectivity index (χ0v) is 11.8. The van der Waals surface area contributed by atoms with E-state index in [1.807, 2.05) is 30.3 Å². The summed E-state index contributed by atoms with van der Waals surface area (Å²) < 4.78 is 0. The maximum atomic E-state index is 12.5. The van der Waals surface area contributed by atoms with Gasteiger partial charge in [-0.2, -0.15) is 0 Å². The Bertz CT molecular complexity index is 525. The smallest absolute Gasteiger partial charge is 0.251 e. The van der Waals surface area contributed by atoms with Crippen LogP contribution in [0.3, 0.4) is 0 Å². The predicted octanol–water partition coefficient (Wildman–Crippen LogP) is 2.47. The van der Waals surface area contributed by atoms with Crippen LogP contribution in [0.25, 0.3) is 0 Å². The van der Waals surface area contributed by atoms with Gasteiger partial charge in [0.15, 0.2) is 0 Å². The minimum Gasteiger partial charge on any atom is -0.347 e. The highest BCUT2D eigenvalue weighted by molar-refractivity contribution is 5.94. The molecule has 4 aliphatic rings. The van der Waals surface area contributed by atoms with Gasteiger partial charge in [-0.1, -0.05) is 18.2 Å². The molecule has 0 heterocycles. The Labute approximate surface area is 119 Å². The zero-order chi connectivity index (χ0) is 13.8. The molecule has 4 bridgehead atoms. The monoisotopic (exact) mass is 270 g/mol. The maximum Gasteiger partial charge on any atom is 0.251 e. The summed E-state index contributed by atoms with van der Waals surface area (Å²) >= 11 is 0. The van der Waals surface area contributed by atoms with Crippen LogP contribution in [0.15, 0.2) is 30.3 Å². The molecule has 106 valence electrons. The van der Waals surface area contributed by atoms with Crippen LogP contribution in [0.4, 0.5) is 0 Å². The molecular weight excluding hydrogens is 248 g/mol. The van der Waals surface area contributed by atoms with Crippen LogP contribution < -0.4 is 11.1 Å². The van der Waals surface area contributed by atoms with Crippen LogP contribution in [-0.4, -0.2) is 17.0 Å². The SMILES string of the molecule is NC12CC3CC(C1)CC(NC(=O)c1ccccc1)(C3)C2. The second-order valence-electron chi connectivity index (χ2n) is 7.42. The molecule has 4 fully saturated rings. The van der Waals surface area contributed by atoms with E-state index in [2.05, 4.69) is 5.32 Å². The van der Waals surface area contributed by atoms with Gasteiger partial charge in [-0.15, -0.1) is 0 Å². The minimum absolute atomic E-state index is 0.0198. The number of carbonyl (C=O) groups excluding carboxylic acids is 1. The summed E-state index contributed by atoms with van der Waals surface area (Å²) in [5, 5.41) is 3.35. The highest BCUT2D eigenvalue weighted by Crippen LogP contribution is 2.56. The summed E-state index contributed by atoms with van der Waals surface area (Å²) in [6.07, 6.45) is 6.86. The van der Waals surface area contributed by atoms with Gasteiger partial charge in [0.2, 0.25) is 0 Å². The lowest BCUT2D eigenvalue weighted by Gasteiger charge is -2.61. The van der Waals surface area contributed by atoms with Gasteiger partial charge in [-0.3, -0.25) is 4.79 Å². The Hall–Kier alpha value is -1.35. The van der Waals surface area contributed by atoms with E-state index in [-0.39, 0.29) is 17.0 Å². The molecule has 1 amide bonds. The van der Waals surface area contributed by atoms with Crippen molar-refractivity contribution in [3.63, 3.8) is 0 Å². The molecule has 0 spiro atoms. The van der Waals surface area contributed by atoms with E-state index in [0.29, 0.717) is 0 Å². The van der Waals surface area contributed by atoms with Crippen molar-refractivity contribution in [2.75, 3.05) is 0 Å². The molecule has 0 aromatic heterocycles. The summed E-state index contributed by atoms with van der Waals surface area (Å²) in [6, 6.07) is 9.54. The van der Waals surface area contributed by atoms with Crippen LogP contribution in [0.1, 0.15) is 48.9 Å². The standard InChI is InChI=1S/C17H22N2O/c18-16-7-12-6-13(8-16)10-17(9-12,11-16)19-15(20)14-4-2-1-3-5-14/h1-5,12-13H,6-11,18H2,(H,19,20). The number of carbonyl (C=O) groups is 1. The van der Waals surface area contributed by atoms with Crippen LogP contribution in [0.2, 0.25) is 0 Å². The molecule has 0 aliphatic heterocycles. The summed E-state index contributed by atoms with van der Waals surface area (Å²) in [5.41, 5.74) is 7.27. The lowest BCUT2D eigenvalue weighted by Crippen LogP contribution is -2.68. The molecule has 4 aliphatic carbocycles. The van der Waals surface area contributed by atoms with E-state index >= 15 is 0 Å². The number of rotatable bonds is 2. The minimum atomic E-state index is -0.0360. The summed E-state index contributed by atoms with van der Waals surface area (Å²) in [4.78, 5) is 12.5. The second kappa shape index (κ2) is 4.08. The molecule has 1 aromatic carbocycles. The predicted molar refractivity (Wildman–Crippen MR) is 78.2 cm³/mol. The Kier molecular flexibility index (Phi) is 2.53. The van der Waals surface area contributed by atoms with E-state index < -0.39 is 0 Å². The quantitative estimate of drug-likeness (QED) is 0.867. The van der Waals surface area contributed by atoms with Gasteiger partial charge in [0.25, 0.3) is 5.91 Å². The molecule has 3 nitrogen and oxygen atoms in total. The van der Waals surface area contributed by atoms with Crippen molar-refractivity contribution in [1.29, 1.82) is 0 Å². The highest BCUT2D eigenvalue weighted by atomic mass is 16.1. The highest BCUT2D eigenvalue weighted by Gasteiger charge is 2.56. The largest absolute Gasteiger partial charge is 0.347 e. The molecule has 0 saturated heterocycles. The topological polar surface area (TPSA) is 55.1 Å². The first-order chi connectivity index (χ1) is 9.56. The summed E-state index contributed by atoms with van der Waals surface area (Å²) in [5.74, 6) is 1.51. The first-order valence-corrected chi connectivity index (χ1v) is 7.72. The van der Waals surface area contributed by atoms with Gasteiger partial charge < -0.3 is 11.1 Å². The lowest BCUT2D eigenvalue weighted by atomic mass is 9.50. The van der Waals surface area contributed by atoms with Crippen molar-refractivity contribution in [3.05, 3.63) is 35.9 Å². The molecule has 1 aromatic rings. The van der Waals surface area contributed by atoms with Crippen molar-refractivity contribution >= 4 is 5.91 Å². The van der Waals surface area contributed by atoms with Crippen molar-refractivity contribution < 1.29 is 4.79 Å². The number of hydrogen-bond acceptors (Lipinski definition) is 2. The third-order valence-corrected chi connectivity index (χ3v) is 5.52. The third kappa shape index (κ3) is 1.96. The second-order valence-corrected chi connectivity index (χ2v) is 7.42. The molecule has 0 radical (unpaired) electrons. The van der Waals surface area contributed by atoms with Crippen molar-refractivity contribution in [2.24, 2.45) is 17.6 Å². The summed E-state index contributed by atoms with van der Waals surface area (Å²) in [7, 11) is 0. The Morgan fingerprint density at radius 2 is 1.75 bits per heavy atom. The van der Waals surface area contributed by atoms with Gasteiger partial charge in [-0.05, 0) is 62.5 Å². The van der Waals surface area contributed by atoms with E-state index in [9.17, 15) is 4.79 Å². The molecular formula is C17H22N2O. The van der Waals surface area contributed by atoms with E-state index in [4.69, 9.17) is 5.73 Å². The fourth-order valence-corrected chi connectivity index (χ4v) is 5.38. The van der Waals surface area contributed by atoms with Crippen LogP contribution >= 0.6 is 0 Å². The first kappa shape index (κ1) is 12.4. The van der Waals surface area contributed by atoms with Crippen LogP contribution in [-0.2, 0) is 0 Å². The van der Waals surface area contributed by atoms with Crippen LogP contribution in [0.5, 0.6) is 0 Å².